The number of hydrogen-bond acceptors (Lipinski definition) is 4. The fourth-order valence-electron chi connectivity index (χ4n) is 3.02. The molecule has 0 spiro atoms. The number of halogens is 1. The maximum absolute atomic E-state index is 12.6. The van der Waals surface area contributed by atoms with Crippen molar-refractivity contribution >= 4 is 39.1 Å². The van der Waals surface area contributed by atoms with Gasteiger partial charge in [0.15, 0.2) is 0 Å². The average Bonchev–Trinajstić information content (AvgIpc) is 3.12. The summed E-state index contributed by atoms with van der Waals surface area (Å²) in [6, 6.07) is 11.6. The van der Waals surface area contributed by atoms with Gasteiger partial charge >= 0.3 is 0 Å². The number of rotatable bonds is 3. The van der Waals surface area contributed by atoms with Crippen LogP contribution in [0, 0.1) is 18.3 Å². The molecular weight excluding hydrogens is 356 g/mol. The lowest BCUT2D eigenvalue weighted by molar-refractivity contribution is 0.0886. The molecule has 7 heteroatoms. The highest BCUT2D eigenvalue weighted by atomic mass is 35.5. The van der Waals surface area contributed by atoms with Gasteiger partial charge in [-0.15, -0.1) is 11.3 Å². The molecule has 5 nitrogen and oxygen atoms in total. The summed E-state index contributed by atoms with van der Waals surface area (Å²) >= 11 is 7.66. The van der Waals surface area contributed by atoms with E-state index in [9.17, 15) is 10.1 Å². The van der Waals surface area contributed by atoms with Crippen molar-refractivity contribution in [3.8, 4) is 11.8 Å². The number of nitriles is 1. The molecule has 1 N–H and O–H groups in total. The van der Waals surface area contributed by atoms with Crippen molar-refractivity contribution in [2.45, 2.75) is 31.7 Å². The first-order valence-corrected chi connectivity index (χ1v) is 9.20. The van der Waals surface area contributed by atoms with E-state index in [0.717, 1.165) is 28.0 Å². The molecule has 4 rings (SSSR count). The maximum Gasteiger partial charge on any atom is 0.262 e. The van der Waals surface area contributed by atoms with Crippen molar-refractivity contribution in [1.82, 2.24) is 15.1 Å². The minimum absolute atomic E-state index is 0.201. The third kappa shape index (κ3) is 2.60. The fourth-order valence-corrected chi connectivity index (χ4v) is 4.31. The van der Waals surface area contributed by atoms with Crippen LogP contribution in [0.25, 0.3) is 15.9 Å². The topological polar surface area (TPSA) is 70.7 Å². The van der Waals surface area contributed by atoms with Crippen LogP contribution < -0.4 is 5.32 Å². The van der Waals surface area contributed by atoms with Crippen molar-refractivity contribution in [3.05, 3.63) is 45.9 Å². The number of para-hydroxylation sites is 1. The number of benzene rings is 1. The molecule has 2 heterocycles. The molecule has 0 bridgehead atoms. The zero-order valence-electron chi connectivity index (χ0n) is 13.5. The number of nitrogens with one attached hydrogen (secondary N) is 1. The summed E-state index contributed by atoms with van der Waals surface area (Å²) in [6.07, 6.45) is 2.40. The van der Waals surface area contributed by atoms with Crippen molar-refractivity contribution in [1.29, 1.82) is 5.26 Å². The van der Waals surface area contributed by atoms with E-state index in [1.54, 1.807) is 4.68 Å². The Morgan fingerprint density at radius 3 is 2.84 bits per heavy atom. The van der Waals surface area contributed by atoms with Crippen LogP contribution in [0.5, 0.6) is 0 Å². The third-order valence-corrected chi connectivity index (χ3v) is 6.05. The van der Waals surface area contributed by atoms with E-state index in [1.165, 1.54) is 11.3 Å². The standard InChI is InChI=1S/C18H15ClN4OS/c1-11-12-9-15(16(24)21-18(10-20)7-4-8-18)25-17(12)23(22-11)14-6-3-2-5-13(14)19/h2-3,5-6,9H,4,7-8H2,1H3,(H,21,24). The van der Waals surface area contributed by atoms with Gasteiger partial charge in [0.25, 0.3) is 5.91 Å². The summed E-state index contributed by atoms with van der Waals surface area (Å²) in [5.41, 5.74) is 0.921. The minimum Gasteiger partial charge on any atom is -0.333 e. The van der Waals surface area contributed by atoms with Gasteiger partial charge in [0.2, 0.25) is 0 Å². The van der Waals surface area contributed by atoms with Crippen LogP contribution in [0.1, 0.15) is 34.6 Å². The molecule has 0 aliphatic heterocycles. The Balaban J connectivity index is 1.74. The lowest BCUT2D eigenvalue weighted by Crippen LogP contribution is -2.52. The van der Waals surface area contributed by atoms with E-state index in [2.05, 4.69) is 16.5 Å². The Kier molecular flexibility index (Phi) is 3.78. The molecule has 0 atom stereocenters. The Morgan fingerprint density at radius 1 is 1.44 bits per heavy atom. The zero-order chi connectivity index (χ0) is 17.6. The molecule has 3 aromatic rings. The molecule has 2 aromatic heterocycles. The highest BCUT2D eigenvalue weighted by molar-refractivity contribution is 7.20. The van der Waals surface area contributed by atoms with Crippen LogP contribution in [-0.2, 0) is 0 Å². The van der Waals surface area contributed by atoms with Crippen LogP contribution in [0.3, 0.4) is 0 Å². The van der Waals surface area contributed by atoms with Crippen LogP contribution >= 0.6 is 22.9 Å². The largest absolute Gasteiger partial charge is 0.333 e. The quantitative estimate of drug-likeness (QED) is 0.750. The van der Waals surface area contributed by atoms with Gasteiger partial charge in [0, 0.05) is 5.39 Å². The molecule has 0 radical (unpaired) electrons. The molecule has 25 heavy (non-hydrogen) atoms. The van der Waals surface area contributed by atoms with Crippen molar-refractivity contribution < 1.29 is 4.79 Å². The van der Waals surface area contributed by atoms with Gasteiger partial charge < -0.3 is 5.32 Å². The third-order valence-electron chi connectivity index (χ3n) is 4.62. The summed E-state index contributed by atoms with van der Waals surface area (Å²) < 4.78 is 1.78. The Bertz CT molecular complexity index is 1030. The number of amides is 1. The number of hydrogen-bond donors (Lipinski definition) is 1. The predicted octanol–water partition coefficient (Wildman–Crippen LogP) is 4.22. The summed E-state index contributed by atoms with van der Waals surface area (Å²) in [5.74, 6) is -0.201. The van der Waals surface area contributed by atoms with Crippen molar-refractivity contribution in [2.75, 3.05) is 0 Å². The smallest absolute Gasteiger partial charge is 0.262 e. The van der Waals surface area contributed by atoms with Gasteiger partial charge in [-0.2, -0.15) is 10.4 Å². The number of nitrogens with zero attached hydrogens (tertiary/aromatic N) is 3. The number of carbonyl (C=O) groups is 1. The van der Waals surface area contributed by atoms with Crippen LogP contribution in [0.15, 0.2) is 30.3 Å². The van der Waals surface area contributed by atoms with E-state index in [0.29, 0.717) is 22.7 Å². The number of thiophene rings is 1. The minimum atomic E-state index is -0.697. The molecular formula is C18H15ClN4OS. The maximum atomic E-state index is 12.6. The van der Waals surface area contributed by atoms with Gasteiger partial charge in [-0.05, 0) is 44.4 Å². The second-order valence-corrected chi connectivity index (χ2v) is 7.72. The van der Waals surface area contributed by atoms with E-state index in [4.69, 9.17) is 11.6 Å². The van der Waals surface area contributed by atoms with Gasteiger partial charge in [-0.3, -0.25) is 4.79 Å². The summed E-state index contributed by atoms with van der Waals surface area (Å²) in [7, 11) is 0. The van der Waals surface area contributed by atoms with Crippen molar-refractivity contribution in [2.24, 2.45) is 0 Å². The monoisotopic (exact) mass is 370 g/mol. The Labute approximate surface area is 153 Å². The summed E-state index contributed by atoms with van der Waals surface area (Å²) in [4.78, 5) is 14.1. The number of carbonyl (C=O) groups excluding carboxylic acids is 1. The lowest BCUT2D eigenvalue weighted by Gasteiger charge is -2.35. The summed E-state index contributed by atoms with van der Waals surface area (Å²) in [5, 5.41) is 18.3. The highest BCUT2D eigenvalue weighted by Crippen LogP contribution is 2.34. The Morgan fingerprint density at radius 2 is 2.20 bits per heavy atom. The number of fused-ring (bicyclic) bond motifs is 1. The molecule has 0 saturated heterocycles. The first kappa shape index (κ1) is 16.1. The van der Waals surface area contributed by atoms with E-state index < -0.39 is 5.54 Å². The van der Waals surface area contributed by atoms with Crippen LogP contribution in [0.4, 0.5) is 0 Å². The normalized spacial score (nSPS) is 15.6. The van der Waals surface area contributed by atoms with Gasteiger partial charge in [-0.25, -0.2) is 4.68 Å². The van der Waals surface area contributed by atoms with Gasteiger partial charge in [0.05, 0.1) is 27.4 Å². The van der Waals surface area contributed by atoms with Gasteiger partial charge in [-0.1, -0.05) is 23.7 Å². The molecule has 1 fully saturated rings. The zero-order valence-corrected chi connectivity index (χ0v) is 15.1. The predicted molar refractivity (Wildman–Crippen MR) is 98.4 cm³/mol. The SMILES string of the molecule is Cc1nn(-c2ccccc2Cl)c2sc(C(=O)NC3(C#N)CCC3)cc12. The molecule has 1 aliphatic rings. The molecule has 1 saturated carbocycles. The van der Waals surface area contributed by atoms with E-state index >= 15 is 0 Å². The lowest BCUT2D eigenvalue weighted by atomic mass is 9.78. The average molecular weight is 371 g/mol. The van der Waals surface area contributed by atoms with Crippen LogP contribution in [0.2, 0.25) is 5.02 Å². The number of aromatic nitrogens is 2. The molecule has 1 aliphatic carbocycles. The second kappa shape index (κ2) is 5.87. The fraction of sp³-hybridized carbons (Fsp3) is 0.278. The molecule has 126 valence electrons. The second-order valence-electron chi connectivity index (χ2n) is 6.28. The highest BCUT2D eigenvalue weighted by Gasteiger charge is 2.39. The summed E-state index contributed by atoms with van der Waals surface area (Å²) in [6.45, 7) is 1.91. The first-order valence-electron chi connectivity index (χ1n) is 8.01. The molecule has 1 amide bonds. The number of aryl methyl sites for hydroxylation is 1. The molecule has 1 aromatic carbocycles. The van der Waals surface area contributed by atoms with Crippen LogP contribution in [-0.4, -0.2) is 21.2 Å². The van der Waals surface area contributed by atoms with Crippen molar-refractivity contribution in [3.63, 3.8) is 0 Å². The van der Waals surface area contributed by atoms with E-state index in [-0.39, 0.29) is 5.91 Å². The Hall–Kier alpha value is -2.36. The molecule has 0 unspecified atom stereocenters. The first-order chi connectivity index (χ1) is 12.0. The van der Waals surface area contributed by atoms with E-state index in [1.807, 2.05) is 37.3 Å². The van der Waals surface area contributed by atoms with Gasteiger partial charge in [0.1, 0.15) is 10.4 Å².